The van der Waals surface area contributed by atoms with Gasteiger partial charge >= 0.3 is 0 Å². The lowest BCUT2D eigenvalue weighted by Gasteiger charge is -2.30. The standard InChI is InChI=1S/C21H34FN5O/c1-3-28-14-11-21(9-4-5-10-21)16-25-20(23-2)26-17-8-13-27(15-17)19-18(22)7-6-12-24-19/h6-7,12,17H,3-5,8-11,13-16H2,1-2H3,(H2,23,25,26). The Morgan fingerprint density at radius 2 is 2.25 bits per heavy atom. The van der Waals surface area contributed by atoms with Crippen LogP contribution in [0.25, 0.3) is 0 Å². The van der Waals surface area contributed by atoms with E-state index in [1.807, 2.05) is 18.9 Å². The number of guanidine groups is 1. The average Bonchev–Trinajstić information content (AvgIpc) is 3.36. The van der Waals surface area contributed by atoms with Crippen molar-refractivity contribution >= 4 is 11.8 Å². The molecule has 1 aromatic rings. The lowest BCUT2D eigenvalue weighted by atomic mass is 9.83. The molecule has 2 fully saturated rings. The smallest absolute Gasteiger partial charge is 0.191 e. The third kappa shape index (κ3) is 5.34. The fraction of sp³-hybridized carbons (Fsp3) is 0.714. The van der Waals surface area contributed by atoms with Crippen molar-refractivity contribution in [3.8, 4) is 0 Å². The number of nitrogens with one attached hydrogen (secondary N) is 2. The largest absolute Gasteiger partial charge is 0.382 e. The van der Waals surface area contributed by atoms with Gasteiger partial charge in [-0.2, -0.15) is 0 Å². The van der Waals surface area contributed by atoms with Crippen LogP contribution in [0.2, 0.25) is 0 Å². The van der Waals surface area contributed by atoms with E-state index < -0.39 is 0 Å². The number of halogens is 1. The summed E-state index contributed by atoms with van der Waals surface area (Å²) >= 11 is 0. The Morgan fingerprint density at radius 1 is 1.43 bits per heavy atom. The second-order valence-corrected chi connectivity index (χ2v) is 7.96. The first kappa shape index (κ1) is 20.8. The maximum absolute atomic E-state index is 14.0. The van der Waals surface area contributed by atoms with Crippen molar-refractivity contribution in [2.24, 2.45) is 10.4 Å². The molecule has 1 aliphatic heterocycles. The van der Waals surface area contributed by atoms with Crippen LogP contribution in [0, 0.1) is 11.2 Å². The molecule has 1 saturated heterocycles. The molecular formula is C21H34FN5O. The van der Waals surface area contributed by atoms with E-state index in [2.05, 4.69) is 20.6 Å². The lowest BCUT2D eigenvalue weighted by molar-refractivity contribution is 0.105. The van der Waals surface area contributed by atoms with Gasteiger partial charge in [-0.25, -0.2) is 9.37 Å². The van der Waals surface area contributed by atoms with Crippen LogP contribution in [0.1, 0.15) is 45.4 Å². The first-order chi connectivity index (χ1) is 13.7. The summed E-state index contributed by atoms with van der Waals surface area (Å²) in [5.41, 5.74) is 0.311. The van der Waals surface area contributed by atoms with Crippen LogP contribution in [0.15, 0.2) is 23.3 Å². The second-order valence-electron chi connectivity index (χ2n) is 7.96. The number of hydrogen-bond acceptors (Lipinski definition) is 4. The number of ether oxygens (including phenoxy) is 1. The molecule has 6 nitrogen and oxygen atoms in total. The summed E-state index contributed by atoms with van der Waals surface area (Å²) in [5.74, 6) is 1.01. The second kappa shape index (κ2) is 10.0. The van der Waals surface area contributed by atoms with E-state index in [1.54, 1.807) is 12.3 Å². The fourth-order valence-corrected chi connectivity index (χ4v) is 4.41. The van der Waals surface area contributed by atoms with E-state index in [0.717, 1.165) is 51.6 Å². The van der Waals surface area contributed by atoms with E-state index >= 15 is 0 Å². The van der Waals surface area contributed by atoms with Gasteiger partial charge in [0.05, 0.1) is 0 Å². The van der Waals surface area contributed by atoms with Gasteiger partial charge in [0.2, 0.25) is 0 Å². The summed E-state index contributed by atoms with van der Waals surface area (Å²) in [6.45, 7) is 6.10. The van der Waals surface area contributed by atoms with Crippen molar-refractivity contribution in [3.63, 3.8) is 0 Å². The molecule has 1 unspecified atom stereocenters. The highest BCUT2D eigenvalue weighted by atomic mass is 19.1. The minimum atomic E-state index is -0.261. The molecule has 0 amide bonds. The molecule has 0 spiro atoms. The fourth-order valence-electron chi connectivity index (χ4n) is 4.41. The summed E-state index contributed by atoms with van der Waals surface area (Å²) in [6, 6.07) is 3.32. The molecular weight excluding hydrogens is 357 g/mol. The monoisotopic (exact) mass is 391 g/mol. The molecule has 1 aliphatic carbocycles. The van der Waals surface area contributed by atoms with Crippen LogP contribution in [-0.4, -0.2) is 56.9 Å². The molecule has 3 rings (SSSR count). The van der Waals surface area contributed by atoms with Crippen LogP contribution < -0.4 is 15.5 Å². The zero-order chi connectivity index (χ0) is 19.8. The average molecular weight is 392 g/mol. The SMILES string of the molecule is CCOCCC1(CNC(=NC)NC2CCN(c3ncccc3F)C2)CCCC1. The molecule has 1 atom stereocenters. The van der Waals surface area contributed by atoms with Crippen LogP contribution in [0.3, 0.4) is 0 Å². The first-order valence-electron chi connectivity index (χ1n) is 10.6. The predicted octanol–water partition coefficient (Wildman–Crippen LogP) is 2.95. The van der Waals surface area contributed by atoms with Gasteiger partial charge in [0.1, 0.15) is 0 Å². The van der Waals surface area contributed by atoms with Gasteiger partial charge in [0, 0.05) is 52.1 Å². The van der Waals surface area contributed by atoms with Crippen LogP contribution in [0.4, 0.5) is 10.2 Å². The van der Waals surface area contributed by atoms with Crippen molar-refractivity contribution in [2.45, 2.75) is 51.5 Å². The van der Waals surface area contributed by atoms with Gasteiger partial charge in [-0.05, 0) is 50.2 Å². The van der Waals surface area contributed by atoms with Crippen LogP contribution >= 0.6 is 0 Å². The number of rotatable bonds is 8. The van der Waals surface area contributed by atoms with Gasteiger partial charge in [-0.15, -0.1) is 0 Å². The normalized spacial score (nSPS) is 21.9. The maximum Gasteiger partial charge on any atom is 0.191 e. The molecule has 0 aromatic carbocycles. The Kier molecular flexibility index (Phi) is 7.48. The zero-order valence-corrected chi connectivity index (χ0v) is 17.2. The van der Waals surface area contributed by atoms with Gasteiger partial charge in [0.15, 0.2) is 17.6 Å². The Bertz CT molecular complexity index is 647. The van der Waals surface area contributed by atoms with Gasteiger partial charge in [-0.3, -0.25) is 4.99 Å². The Balaban J connectivity index is 1.50. The van der Waals surface area contributed by atoms with Crippen molar-refractivity contribution in [2.75, 3.05) is 44.8 Å². The minimum absolute atomic E-state index is 0.232. The Labute approximate surface area is 168 Å². The number of pyridine rings is 1. The minimum Gasteiger partial charge on any atom is -0.382 e. The highest BCUT2D eigenvalue weighted by Crippen LogP contribution is 2.40. The number of anilines is 1. The van der Waals surface area contributed by atoms with Crippen molar-refractivity contribution < 1.29 is 9.13 Å². The van der Waals surface area contributed by atoms with E-state index in [-0.39, 0.29) is 11.9 Å². The summed E-state index contributed by atoms with van der Waals surface area (Å²) in [4.78, 5) is 10.6. The molecule has 2 N–H and O–H groups in total. The quantitative estimate of drug-likeness (QED) is 0.405. The zero-order valence-electron chi connectivity index (χ0n) is 17.2. The number of aromatic nitrogens is 1. The lowest BCUT2D eigenvalue weighted by Crippen LogP contribution is -2.47. The van der Waals surface area contributed by atoms with E-state index in [0.29, 0.717) is 11.2 Å². The molecule has 1 aromatic heterocycles. The highest BCUT2D eigenvalue weighted by molar-refractivity contribution is 5.80. The third-order valence-electron chi connectivity index (χ3n) is 6.07. The third-order valence-corrected chi connectivity index (χ3v) is 6.07. The summed E-state index contributed by atoms with van der Waals surface area (Å²) < 4.78 is 19.6. The molecule has 2 heterocycles. The van der Waals surface area contributed by atoms with E-state index in [9.17, 15) is 4.39 Å². The van der Waals surface area contributed by atoms with Crippen molar-refractivity contribution in [3.05, 3.63) is 24.1 Å². The van der Waals surface area contributed by atoms with E-state index in [4.69, 9.17) is 4.74 Å². The Morgan fingerprint density at radius 3 is 2.96 bits per heavy atom. The first-order valence-corrected chi connectivity index (χ1v) is 10.6. The Hall–Kier alpha value is -1.89. The molecule has 2 aliphatic rings. The van der Waals surface area contributed by atoms with Gasteiger partial charge in [0.25, 0.3) is 0 Å². The van der Waals surface area contributed by atoms with Crippen LogP contribution in [0.5, 0.6) is 0 Å². The molecule has 7 heteroatoms. The van der Waals surface area contributed by atoms with Crippen molar-refractivity contribution in [1.82, 2.24) is 15.6 Å². The van der Waals surface area contributed by atoms with Gasteiger partial charge in [-0.1, -0.05) is 12.8 Å². The summed E-state index contributed by atoms with van der Waals surface area (Å²) in [6.07, 6.45) is 8.77. The molecule has 28 heavy (non-hydrogen) atoms. The topological polar surface area (TPSA) is 61.8 Å². The number of nitrogens with zero attached hydrogens (tertiary/aromatic N) is 3. The molecule has 1 saturated carbocycles. The number of hydrogen-bond donors (Lipinski definition) is 2. The number of aliphatic imine (C=N–C) groups is 1. The van der Waals surface area contributed by atoms with Gasteiger partial charge < -0.3 is 20.3 Å². The highest BCUT2D eigenvalue weighted by Gasteiger charge is 2.34. The molecule has 0 radical (unpaired) electrons. The summed E-state index contributed by atoms with van der Waals surface area (Å²) in [5, 5.41) is 7.06. The van der Waals surface area contributed by atoms with Crippen LogP contribution in [-0.2, 0) is 4.74 Å². The van der Waals surface area contributed by atoms with Crippen molar-refractivity contribution in [1.29, 1.82) is 0 Å². The van der Waals surface area contributed by atoms with E-state index in [1.165, 1.54) is 31.7 Å². The maximum atomic E-state index is 14.0. The molecule has 156 valence electrons. The summed E-state index contributed by atoms with van der Waals surface area (Å²) in [7, 11) is 1.81. The molecule has 0 bridgehead atoms. The predicted molar refractivity (Wildman–Crippen MR) is 111 cm³/mol.